The number of anilines is 2. The maximum absolute atomic E-state index is 11.8. The van der Waals surface area contributed by atoms with E-state index in [1.807, 2.05) is 25.1 Å². The number of carbonyl (C=O) groups is 1. The van der Waals surface area contributed by atoms with E-state index >= 15 is 0 Å². The molecule has 0 spiro atoms. The highest BCUT2D eigenvalue weighted by molar-refractivity contribution is 5.93. The second kappa shape index (κ2) is 7.26. The van der Waals surface area contributed by atoms with Gasteiger partial charge in [-0.3, -0.25) is 4.79 Å². The third-order valence-corrected chi connectivity index (χ3v) is 3.58. The van der Waals surface area contributed by atoms with Crippen molar-refractivity contribution in [3.63, 3.8) is 0 Å². The highest BCUT2D eigenvalue weighted by Gasteiger charge is 2.14. The number of nitrogen functional groups attached to an aromatic ring is 1. The Bertz CT molecular complexity index is 456. The summed E-state index contributed by atoms with van der Waals surface area (Å²) in [5, 5.41) is 2.82. The number of carbonyl (C=O) groups excluding carboxylic acids is 1. The van der Waals surface area contributed by atoms with Crippen LogP contribution in [0.25, 0.3) is 0 Å². The molecule has 3 N–H and O–H groups in total. The molecule has 2 rings (SSSR count). The third kappa shape index (κ3) is 4.21. The Balaban J connectivity index is 1.73. The van der Waals surface area contributed by atoms with Gasteiger partial charge in [0.05, 0.1) is 6.61 Å². The minimum Gasteiger partial charge on any atom is -0.398 e. The molecule has 110 valence electrons. The molecule has 1 amide bonds. The summed E-state index contributed by atoms with van der Waals surface area (Å²) in [7, 11) is 0. The molecule has 0 aliphatic carbocycles. The highest BCUT2D eigenvalue weighted by atomic mass is 16.5. The predicted molar refractivity (Wildman–Crippen MR) is 78.6 cm³/mol. The standard InChI is InChI=1S/C15H22N2O3/c1-11-13(16)3-2-4-14(11)17-15(18)10-20-9-12-5-7-19-8-6-12/h2-4,12H,5-10,16H2,1H3,(H,17,18). The van der Waals surface area contributed by atoms with Crippen LogP contribution < -0.4 is 11.1 Å². The summed E-state index contributed by atoms with van der Waals surface area (Å²) in [6.45, 7) is 4.16. The fourth-order valence-electron chi connectivity index (χ4n) is 2.21. The Hall–Kier alpha value is -1.59. The Kier molecular flexibility index (Phi) is 5.38. The van der Waals surface area contributed by atoms with Gasteiger partial charge in [0, 0.05) is 24.6 Å². The molecule has 1 aromatic carbocycles. The predicted octanol–water partition coefficient (Wildman–Crippen LogP) is 1.96. The van der Waals surface area contributed by atoms with Crippen LogP contribution in [0, 0.1) is 12.8 Å². The van der Waals surface area contributed by atoms with Crippen molar-refractivity contribution in [3.8, 4) is 0 Å². The van der Waals surface area contributed by atoms with Crippen molar-refractivity contribution in [2.75, 3.05) is 37.5 Å². The van der Waals surface area contributed by atoms with E-state index in [-0.39, 0.29) is 12.5 Å². The summed E-state index contributed by atoms with van der Waals surface area (Å²) in [6, 6.07) is 5.47. The van der Waals surface area contributed by atoms with Gasteiger partial charge in [-0.25, -0.2) is 0 Å². The minimum atomic E-state index is -0.147. The van der Waals surface area contributed by atoms with Crippen LogP contribution in [0.3, 0.4) is 0 Å². The van der Waals surface area contributed by atoms with Crippen molar-refractivity contribution in [1.82, 2.24) is 0 Å². The van der Waals surface area contributed by atoms with Crippen LogP contribution in [0.4, 0.5) is 11.4 Å². The maximum atomic E-state index is 11.8. The molecule has 1 fully saturated rings. The van der Waals surface area contributed by atoms with E-state index in [1.54, 1.807) is 0 Å². The fraction of sp³-hybridized carbons (Fsp3) is 0.533. The number of ether oxygens (including phenoxy) is 2. The second-order valence-electron chi connectivity index (χ2n) is 5.14. The topological polar surface area (TPSA) is 73.6 Å². The smallest absolute Gasteiger partial charge is 0.250 e. The first-order valence-electron chi connectivity index (χ1n) is 6.97. The number of hydrogen-bond donors (Lipinski definition) is 2. The molecule has 0 aromatic heterocycles. The highest BCUT2D eigenvalue weighted by Crippen LogP contribution is 2.20. The largest absolute Gasteiger partial charge is 0.398 e. The van der Waals surface area contributed by atoms with Crippen LogP contribution in [0.1, 0.15) is 18.4 Å². The summed E-state index contributed by atoms with van der Waals surface area (Å²) >= 11 is 0. The molecule has 5 heteroatoms. The SMILES string of the molecule is Cc1c(N)cccc1NC(=O)COCC1CCOCC1. The van der Waals surface area contributed by atoms with Gasteiger partial charge in [-0.05, 0) is 43.4 Å². The van der Waals surface area contributed by atoms with E-state index in [2.05, 4.69) is 5.32 Å². The molecule has 0 radical (unpaired) electrons. The molecule has 5 nitrogen and oxygen atoms in total. The van der Waals surface area contributed by atoms with Crippen molar-refractivity contribution >= 4 is 17.3 Å². The van der Waals surface area contributed by atoms with Crippen LogP contribution in [0.2, 0.25) is 0 Å². The summed E-state index contributed by atoms with van der Waals surface area (Å²) in [4.78, 5) is 11.8. The van der Waals surface area contributed by atoms with Crippen molar-refractivity contribution in [3.05, 3.63) is 23.8 Å². The Labute approximate surface area is 119 Å². The number of hydrogen-bond acceptors (Lipinski definition) is 4. The maximum Gasteiger partial charge on any atom is 0.250 e. The average molecular weight is 278 g/mol. The molecule has 0 atom stereocenters. The average Bonchev–Trinajstić information content (AvgIpc) is 2.45. The van der Waals surface area contributed by atoms with E-state index in [9.17, 15) is 4.79 Å². The zero-order chi connectivity index (χ0) is 14.4. The number of amides is 1. The van der Waals surface area contributed by atoms with E-state index < -0.39 is 0 Å². The van der Waals surface area contributed by atoms with Crippen LogP contribution in [-0.2, 0) is 14.3 Å². The Morgan fingerprint density at radius 3 is 2.95 bits per heavy atom. The molecular weight excluding hydrogens is 256 g/mol. The molecule has 1 aliphatic rings. The summed E-state index contributed by atoms with van der Waals surface area (Å²) in [6.07, 6.45) is 2.02. The van der Waals surface area contributed by atoms with Gasteiger partial charge in [0.25, 0.3) is 0 Å². The van der Waals surface area contributed by atoms with Gasteiger partial charge in [-0.2, -0.15) is 0 Å². The number of nitrogens with two attached hydrogens (primary N) is 1. The van der Waals surface area contributed by atoms with Crippen LogP contribution in [0.5, 0.6) is 0 Å². The lowest BCUT2D eigenvalue weighted by Crippen LogP contribution is -2.24. The van der Waals surface area contributed by atoms with Gasteiger partial charge >= 0.3 is 0 Å². The first-order chi connectivity index (χ1) is 9.66. The lowest BCUT2D eigenvalue weighted by molar-refractivity contribution is -0.121. The van der Waals surface area contributed by atoms with Crippen molar-refractivity contribution in [2.45, 2.75) is 19.8 Å². The van der Waals surface area contributed by atoms with Gasteiger partial charge < -0.3 is 20.5 Å². The monoisotopic (exact) mass is 278 g/mol. The molecule has 1 saturated heterocycles. The lowest BCUT2D eigenvalue weighted by Gasteiger charge is -2.21. The van der Waals surface area contributed by atoms with Gasteiger partial charge in [0.15, 0.2) is 0 Å². The zero-order valence-electron chi connectivity index (χ0n) is 11.9. The normalized spacial score (nSPS) is 16.1. The minimum absolute atomic E-state index is 0.0750. The summed E-state index contributed by atoms with van der Waals surface area (Å²) in [5.41, 5.74) is 8.09. The van der Waals surface area contributed by atoms with Gasteiger partial charge in [-0.1, -0.05) is 6.07 Å². The van der Waals surface area contributed by atoms with Crippen molar-refractivity contribution in [2.24, 2.45) is 5.92 Å². The number of benzene rings is 1. The quantitative estimate of drug-likeness (QED) is 0.807. The number of rotatable bonds is 5. The van der Waals surface area contributed by atoms with E-state index in [4.69, 9.17) is 15.2 Å². The molecular formula is C15H22N2O3. The molecule has 1 aromatic rings. The molecule has 1 heterocycles. The van der Waals surface area contributed by atoms with Crippen LogP contribution in [0.15, 0.2) is 18.2 Å². The first-order valence-corrected chi connectivity index (χ1v) is 6.97. The molecule has 20 heavy (non-hydrogen) atoms. The van der Waals surface area contributed by atoms with Crippen LogP contribution >= 0.6 is 0 Å². The van der Waals surface area contributed by atoms with Gasteiger partial charge in [0.2, 0.25) is 5.91 Å². The van der Waals surface area contributed by atoms with E-state index in [0.717, 1.165) is 37.3 Å². The molecule has 0 bridgehead atoms. The van der Waals surface area contributed by atoms with E-state index in [1.165, 1.54) is 0 Å². The summed E-state index contributed by atoms with van der Waals surface area (Å²) in [5.74, 6) is 0.358. The number of nitrogens with one attached hydrogen (secondary N) is 1. The first kappa shape index (κ1) is 14.8. The molecule has 1 aliphatic heterocycles. The zero-order valence-corrected chi connectivity index (χ0v) is 11.9. The van der Waals surface area contributed by atoms with Gasteiger partial charge in [-0.15, -0.1) is 0 Å². The Morgan fingerprint density at radius 2 is 2.20 bits per heavy atom. The van der Waals surface area contributed by atoms with Gasteiger partial charge in [0.1, 0.15) is 6.61 Å². The summed E-state index contributed by atoms with van der Waals surface area (Å²) < 4.78 is 10.8. The van der Waals surface area contributed by atoms with Crippen molar-refractivity contribution < 1.29 is 14.3 Å². The molecule has 0 unspecified atom stereocenters. The van der Waals surface area contributed by atoms with Crippen LogP contribution in [-0.4, -0.2) is 32.3 Å². The Morgan fingerprint density at radius 1 is 1.45 bits per heavy atom. The molecule has 0 saturated carbocycles. The van der Waals surface area contributed by atoms with Crippen molar-refractivity contribution in [1.29, 1.82) is 0 Å². The second-order valence-corrected chi connectivity index (χ2v) is 5.14. The lowest BCUT2D eigenvalue weighted by atomic mass is 10.0. The fourth-order valence-corrected chi connectivity index (χ4v) is 2.21. The van der Waals surface area contributed by atoms with E-state index in [0.29, 0.717) is 18.2 Å². The third-order valence-electron chi connectivity index (χ3n) is 3.58.